The number of carbonyl (C=O) groups is 2. The summed E-state index contributed by atoms with van der Waals surface area (Å²) in [6.07, 6.45) is 9.26. The van der Waals surface area contributed by atoms with Gasteiger partial charge in [0.25, 0.3) is 5.91 Å². The molecule has 1 spiro atoms. The van der Waals surface area contributed by atoms with E-state index in [9.17, 15) is 9.59 Å². The summed E-state index contributed by atoms with van der Waals surface area (Å²) >= 11 is 0. The van der Waals surface area contributed by atoms with Gasteiger partial charge in [0.2, 0.25) is 0 Å². The molecule has 2 saturated carbocycles. The van der Waals surface area contributed by atoms with Gasteiger partial charge in [-0.05, 0) is 44.7 Å². The standard InChI is InChI=1S/C21H28N2O4/c1-2-26-17-13-18(21(17)8-4-9-21)27-20(25)16-5-3-12-23(14-16)19(24)15-6-10-22-11-7-15/h6-7,10-11,16-18H,2-5,8-9,12-14H2,1H3. The van der Waals surface area contributed by atoms with Crippen LogP contribution in [0.25, 0.3) is 0 Å². The first-order valence-corrected chi connectivity index (χ1v) is 10.2. The van der Waals surface area contributed by atoms with Gasteiger partial charge in [-0.25, -0.2) is 0 Å². The molecule has 0 radical (unpaired) electrons. The van der Waals surface area contributed by atoms with Crippen molar-refractivity contribution in [2.75, 3.05) is 19.7 Å². The number of likely N-dealkylation sites (tertiary alicyclic amines) is 1. The van der Waals surface area contributed by atoms with Gasteiger partial charge in [-0.1, -0.05) is 6.42 Å². The maximum atomic E-state index is 12.8. The van der Waals surface area contributed by atoms with Crippen molar-refractivity contribution in [1.82, 2.24) is 9.88 Å². The Morgan fingerprint density at radius 1 is 1.22 bits per heavy atom. The van der Waals surface area contributed by atoms with Crippen LogP contribution >= 0.6 is 0 Å². The molecule has 0 N–H and O–H groups in total. The predicted octanol–water partition coefficient (Wildman–Crippen LogP) is 2.82. The molecule has 3 aliphatic rings. The Morgan fingerprint density at radius 2 is 2.00 bits per heavy atom. The van der Waals surface area contributed by atoms with Crippen molar-refractivity contribution in [1.29, 1.82) is 0 Å². The van der Waals surface area contributed by atoms with Crippen LogP contribution in [-0.2, 0) is 14.3 Å². The average molecular weight is 372 g/mol. The molecular weight excluding hydrogens is 344 g/mol. The quantitative estimate of drug-likeness (QED) is 0.744. The number of nitrogens with zero attached hydrogens (tertiary/aromatic N) is 2. The number of amides is 1. The monoisotopic (exact) mass is 372 g/mol. The molecule has 3 unspecified atom stereocenters. The van der Waals surface area contributed by atoms with E-state index in [0.29, 0.717) is 25.3 Å². The van der Waals surface area contributed by atoms with E-state index in [1.807, 2.05) is 6.92 Å². The zero-order valence-corrected chi connectivity index (χ0v) is 15.9. The van der Waals surface area contributed by atoms with Crippen molar-refractivity contribution in [3.05, 3.63) is 30.1 Å². The Bertz CT molecular complexity index is 689. The normalized spacial score (nSPS) is 28.9. The summed E-state index contributed by atoms with van der Waals surface area (Å²) in [7, 11) is 0. The number of hydrogen-bond donors (Lipinski definition) is 0. The SMILES string of the molecule is CCOC1CC(OC(=O)C2CCCN(C(=O)c3ccncc3)C2)C12CCC2. The summed E-state index contributed by atoms with van der Waals surface area (Å²) in [5.41, 5.74) is 0.679. The van der Waals surface area contributed by atoms with Gasteiger partial charge < -0.3 is 14.4 Å². The summed E-state index contributed by atoms with van der Waals surface area (Å²) in [5, 5.41) is 0. The van der Waals surface area contributed by atoms with Crippen LogP contribution in [-0.4, -0.2) is 53.7 Å². The van der Waals surface area contributed by atoms with Crippen molar-refractivity contribution in [2.24, 2.45) is 11.3 Å². The second kappa shape index (κ2) is 7.58. The highest BCUT2D eigenvalue weighted by Gasteiger charge is 2.61. The molecule has 0 aromatic carbocycles. The van der Waals surface area contributed by atoms with Gasteiger partial charge >= 0.3 is 5.97 Å². The Morgan fingerprint density at radius 3 is 2.67 bits per heavy atom. The fourth-order valence-electron chi connectivity index (χ4n) is 4.81. The number of pyridine rings is 1. The zero-order valence-electron chi connectivity index (χ0n) is 15.9. The molecule has 1 aliphatic heterocycles. The third-order valence-electron chi connectivity index (χ3n) is 6.59. The Kier molecular flexibility index (Phi) is 5.17. The second-order valence-electron chi connectivity index (χ2n) is 8.02. The molecule has 6 nitrogen and oxygen atoms in total. The molecule has 6 heteroatoms. The molecule has 3 atom stereocenters. The Labute approximate surface area is 160 Å². The van der Waals surface area contributed by atoms with Crippen molar-refractivity contribution in [3.8, 4) is 0 Å². The van der Waals surface area contributed by atoms with Crippen LogP contribution in [0.3, 0.4) is 0 Å². The maximum absolute atomic E-state index is 12.8. The molecule has 1 aromatic rings. The molecule has 3 fully saturated rings. The number of esters is 1. The molecule has 2 aliphatic carbocycles. The van der Waals surface area contributed by atoms with E-state index in [1.165, 1.54) is 6.42 Å². The number of hydrogen-bond acceptors (Lipinski definition) is 5. The highest BCUT2D eigenvalue weighted by atomic mass is 16.6. The molecule has 4 rings (SSSR count). The highest BCUT2D eigenvalue weighted by molar-refractivity contribution is 5.94. The van der Waals surface area contributed by atoms with E-state index in [2.05, 4.69) is 4.98 Å². The lowest BCUT2D eigenvalue weighted by Crippen LogP contribution is -2.63. The molecule has 27 heavy (non-hydrogen) atoms. The van der Waals surface area contributed by atoms with Gasteiger partial charge in [0.05, 0.1) is 12.0 Å². The first-order valence-electron chi connectivity index (χ1n) is 10.2. The number of carbonyl (C=O) groups excluding carboxylic acids is 2. The lowest BCUT2D eigenvalue weighted by Gasteiger charge is -2.59. The maximum Gasteiger partial charge on any atom is 0.311 e. The van der Waals surface area contributed by atoms with Crippen LogP contribution in [0.1, 0.15) is 55.8 Å². The first-order chi connectivity index (χ1) is 13.1. The molecule has 1 saturated heterocycles. The number of ether oxygens (including phenoxy) is 2. The van der Waals surface area contributed by atoms with Gasteiger partial charge in [-0.3, -0.25) is 14.6 Å². The number of aromatic nitrogens is 1. The minimum Gasteiger partial charge on any atom is -0.461 e. The molecule has 146 valence electrons. The van der Waals surface area contributed by atoms with Gasteiger partial charge in [-0.15, -0.1) is 0 Å². The molecule has 1 aromatic heterocycles. The zero-order chi connectivity index (χ0) is 18.9. The Hall–Kier alpha value is -1.95. The van der Waals surface area contributed by atoms with Crippen molar-refractivity contribution in [3.63, 3.8) is 0 Å². The van der Waals surface area contributed by atoms with E-state index in [1.54, 1.807) is 29.4 Å². The van der Waals surface area contributed by atoms with Crippen LogP contribution in [0.4, 0.5) is 0 Å². The molecular formula is C21H28N2O4. The summed E-state index contributed by atoms with van der Waals surface area (Å²) < 4.78 is 11.8. The topological polar surface area (TPSA) is 68.7 Å². The largest absolute Gasteiger partial charge is 0.461 e. The van der Waals surface area contributed by atoms with Crippen molar-refractivity contribution >= 4 is 11.9 Å². The van der Waals surface area contributed by atoms with Gasteiger partial charge in [-0.2, -0.15) is 0 Å². The van der Waals surface area contributed by atoms with Crippen LogP contribution in [0.2, 0.25) is 0 Å². The predicted molar refractivity (Wildman–Crippen MR) is 99.1 cm³/mol. The third-order valence-corrected chi connectivity index (χ3v) is 6.59. The molecule has 2 heterocycles. The lowest BCUT2D eigenvalue weighted by atomic mass is 9.52. The summed E-state index contributed by atoms with van der Waals surface area (Å²) in [4.78, 5) is 31.2. The van der Waals surface area contributed by atoms with E-state index in [4.69, 9.17) is 9.47 Å². The van der Waals surface area contributed by atoms with E-state index >= 15 is 0 Å². The molecule has 1 amide bonds. The van der Waals surface area contributed by atoms with Crippen molar-refractivity contribution < 1.29 is 19.1 Å². The van der Waals surface area contributed by atoms with Crippen LogP contribution in [0.5, 0.6) is 0 Å². The first kappa shape index (κ1) is 18.4. The molecule has 0 bridgehead atoms. The van der Waals surface area contributed by atoms with Gasteiger partial charge in [0, 0.05) is 49.5 Å². The summed E-state index contributed by atoms with van der Waals surface area (Å²) in [5.74, 6) is -0.410. The summed E-state index contributed by atoms with van der Waals surface area (Å²) in [6, 6.07) is 3.43. The smallest absolute Gasteiger partial charge is 0.311 e. The highest BCUT2D eigenvalue weighted by Crippen LogP contribution is 2.58. The minimum absolute atomic E-state index is 0.0124. The van der Waals surface area contributed by atoms with Crippen LogP contribution < -0.4 is 0 Å². The van der Waals surface area contributed by atoms with E-state index in [0.717, 1.165) is 32.1 Å². The van der Waals surface area contributed by atoms with E-state index in [-0.39, 0.29) is 35.4 Å². The lowest BCUT2D eigenvalue weighted by molar-refractivity contribution is -0.241. The minimum atomic E-state index is -0.229. The average Bonchev–Trinajstić information content (AvgIpc) is 2.66. The van der Waals surface area contributed by atoms with Crippen LogP contribution in [0.15, 0.2) is 24.5 Å². The second-order valence-corrected chi connectivity index (χ2v) is 8.02. The Balaban J connectivity index is 1.35. The van der Waals surface area contributed by atoms with Crippen molar-refractivity contribution in [2.45, 2.75) is 57.7 Å². The van der Waals surface area contributed by atoms with Gasteiger partial charge in [0.15, 0.2) is 0 Å². The van der Waals surface area contributed by atoms with Crippen LogP contribution in [0, 0.1) is 11.3 Å². The third kappa shape index (κ3) is 3.35. The van der Waals surface area contributed by atoms with Gasteiger partial charge in [0.1, 0.15) is 6.10 Å². The summed E-state index contributed by atoms with van der Waals surface area (Å²) in [6.45, 7) is 3.85. The fraction of sp³-hybridized carbons (Fsp3) is 0.667. The fourth-order valence-corrected chi connectivity index (χ4v) is 4.81. The number of piperidine rings is 1. The van der Waals surface area contributed by atoms with E-state index < -0.39 is 0 Å². The number of rotatable bonds is 5.